The van der Waals surface area contributed by atoms with Gasteiger partial charge in [0.05, 0.1) is 6.61 Å². The molecule has 0 aromatic carbocycles. The zero-order valence-corrected chi connectivity index (χ0v) is 13.7. The molecule has 19 heavy (non-hydrogen) atoms. The van der Waals surface area contributed by atoms with Gasteiger partial charge in [0.15, 0.2) is 0 Å². The highest BCUT2D eigenvalue weighted by molar-refractivity contribution is 4.84. The zero-order valence-electron chi connectivity index (χ0n) is 13.7. The second kappa shape index (κ2) is 10.6. The second-order valence-electron chi connectivity index (χ2n) is 5.74. The molecule has 0 saturated heterocycles. The van der Waals surface area contributed by atoms with E-state index in [0.717, 1.165) is 38.9 Å². The molecule has 0 aliphatic heterocycles. The fourth-order valence-electron chi connectivity index (χ4n) is 2.43. The minimum Gasteiger partial charge on any atom is -0.394 e. The molecule has 0 radical (unpaired) electrons. The van der Waals surface area contributed by atoms with Gasteiger partial charge >= 0.3 is 0 Å². The van der Waals surface area contributed by atoms with E-state index in [2.05, 4.69) is 43.1 Å². The van der Waals surface area contributed by atoms with E-state index in [0.29, 0.717) is 0 Å². The number of nitrogens with zero attached hydrogens (tertiary/aromatic N) is 2. The van der Waals surface area contributed by atoms with Gasteiger partial charge in [0.25, 0.3) is 0 Å². The van der Waals surface area contributed by atoms with Crippen LogP contribution in [0.5, 0.6) is 0 Å². The van der Waals surface area contributed by atoms with Crippen LogP contribution in [0.3, 0.4) is 0 Å². The molecule has 0 heterocycles. The highest BCUT2D eigenvalue weighted by Crippen LogP contribution is 2.16. The Morgan fingerprint density at radius 3 is 2.11 bits per heavy atom. The van der Waals surface area contributed by atoms with Crippen LogP contribution in [0.15, 0.2) is 0 Å². The van der Waals surface area contributed by atoms with Crippen molar-refractivity contribution < 1.29 is 5.11 Å². The molecule has 0 bridgehead atoms. The molecule has 0 amide bonds. The van der Waals surface area contributed by atoms with Crippen molar-refractivity contribution in [3.05, 3.63) is 0 Å². The highest BCUT2D eigenvalue weighted by atomic mass is 16.3. The summed E-state index contributed by atoms with van der Waals surface area (Å²) < 4.78 is 0. The topological polar surface area (TPSA) is 38.7 Å². The average Bonchev–Trinajstić information content (AvgIpc) is 2.42. The van der Waals surface area contributed by atoms with E-state index >= 15 is 0 Å². The molecule has 0 spiro atoms. The van der Waals surface area contributed by atoms with Crippen LogP contribution in [0, 0.1) is 0 Å². The lowest BCUT2D eigenvalue weighted by Gasteiger charge is -2.31. The molecule has 0 aliphatic rings. The van der Waals surface area contributed by atoms with Crippen LogP contribution in [0.25, 0.3) is 0 Å². The summed E-state index contributed by atoms with van der Waals surface area (Å²) >= 11 is 0. The van der Waals surface area contributed by atoms with Crippen LogP contribution >= 0.6 is 0 Å². The number of nitrogens with one attached hydrogen (secondary N) is 1. The monoisotopic (exact) mass is 273 g/mol. The van der Waals surface area contributed by atoms with Gasteiger partial charge in [0, 0.05) is 5.54 Å². The summed E-state index contributed by atoms with van der Waals surface area (Å²) in [4.78, 5) is 4.75. The van der Waals surface area contributed by atoms with Crippen LogP contribution in [0.2, 0.25) is 0 Å². The first-order valence-corrected chi connectivity index (χ1v) is 7.70. The summed E-state index contributed by atoms with van der Waals surface area (Å²) in [6, 6.07) is 0. The molecular formula is C15H35N3O. The van der Waals surface area contributed by atoms with Gasteiger partial charge in [0.1, 0.15) is 0 Å². The summed E-state index contributed by atoms with van der Waals surface area (Å²) in [6.45, 7) is 9.18. The Bertz CT molecular complexity index is 197. The maximum Gasteiger partial charge on any atom is 0.0613 e. The van der Waals surface area contributed by atoms with Gasteiger partial charge in [-0.25, -0.2) is 0 Å². The van der Waals surface area contributed by atoms with Gasteiger partial charge in [-0.15, -0.1) is 0 Å². The lowest BCUT2D eigenvalue weighted by Crippen LogP contribution is -2.46. The quantitative estimate of drug-likeness (QED) is 0.564. The average molecular weight is 273 g/mol. The van der Waals surface area contributed by atoms with E-state index in [9.17, 15) is 5.11 Å². The van der Waals surface area contributed by atoms with Gasteiger partial charge in [-0.05, 0) is 73.0 Å². The van der Waals surface area contributed by atoms with Gasteiger partial charge in [-0.3, -0.25) is 0 Å². The summed E-state index contributed by atoms with van der Waals surface area (Å²) in [5, 5.41) is 12.8. The number of likely N-dealkylation sites (N-methyl/N-ethyl adjacent to an activating group) is 1. The standard InChI is InChI=1S/C15H35N3O/c1-6-15(14-19,16-3)10-8-12-18(7-2)13-9-11-17(4)5/h16,19H,6-14H2,1-5H3. The van der Waals surface area contributed by atoms with Crippen LogP contribution in [0.1, 0.15) is 39.5 Å². The number of aliphatic hydroxyl groups excluding tert-OH is 1. The predicted octanol–water partition coefficient (Wildman–Crippen LogP) is 1.40. The van der Waals surface area contributed by atoms with Crippen LogP contribution < -0.4 is 5.32 Å². The Morgan fingerprint density at radius 1 is 1.05 bits per heavy atom. The van der Waals surface area contributed by atoms with Crippen molar-refractivity contribution in [2.24, 2.45) is 0 Å². The Morgan fingerprint density at radius 2 is 1.68 bits per heavy atom. The van der Waals surface area contributed by atoms with Crippen LogP contribution in [0.4, 0.5) is 0 Å². The predicted molar refractivity (Wildman–Crippen MR) is 83.7 cm³/mol. The molecule has 0 fully saturated rings. The molecular weight excluding hydrogens is 238 g/mol. The van der Waals surface area contributed by atoms with E-state index in [1.54, 1.807) is 0 Å². The summed E-state index contributed by atoms with van der Waals surface area (Å²) in [5.41, 5.74) is -0.0803. The van der Waals surface area contributed by atoms with Crippen LogP contribution in [-0.4, -0.2) is 74.4 Å². The first-order chi connectivity index (χ1) is 9.03. The third-order valence-electron chi connectivity index (χ3n) is 4.17. The highest BCUT2D eigenvalue weighted by Gasteiger charge is 2.24. The molecule has 4 nitrogen and oxygen atoms in total. The van der Waals surface area contributed by atoms with Crippen molar-refractivity contribution >= 4 is 0 Å². The van der Waals surface area contributed by atoms with E-state index < -0.39 is 0 Å². The summed E-state index contributed by atoms with van der Waals surface area (Å²) in [7, 11) is 6.20. The Kier molecular flexibility index (Phi) is 10.5. The molecule has 0 aliphatic carbocycles. The Hall–Kier alpha value is -0.160. The number of hydrogen-bond acceptors (Lipinski definition) is 4. The lowest BCUT2D eigenvalue weighted by atomic mass is 9.91. The molecule has 0 rings (SSSR count). The lowest BCUT2D eigenvalue weighted by molar-refractivity contribution is 0.145. The van der Waals surface area contributed by atoms with E-state index in [4.69, 9.17) is 0 Å². The molecule has 4 heteroatoms. The second-order valence-corrected chi connectivity index (χ2v) is 5.74. The molecule has 116 valence electrons. The largest absolute Gasteiger partial charge is 0.394 e. The van der Waals surface area contributed by atoms with E-state index in [1.807, 2.05) is 7.05 Å². The van der Waals surface area contributed by atoms with E-state index in [1.165, 1.54) is 13.0 Å². The summed E-state index contributed by atoms with van der Waals surface area (Å²) in [5.74, 6) is 0. The van der Waals surface area contributed by atoms with Gasteiger partial charge in [-0.1, -0.05) is 13.8 Å². The zero-order chi connectivity index (χ0) is 14.7. The fraction of sp³-hybridized carbons (Fsp3) is 1.00. The fourth-order valence-corrected chi connectivity index (χ4v) is 2.43. The SMILES string of the molecule is CCN(CCCN(C)C)CCCC(CC)(CO)NC. The van der Waals surface area contributed by atoms with Crippen molar-refractivity contribution in [2.75, 3.05) is 53.9 Å². The van der Waals surface area contributed by atoms with Crippen molar-refractivity contribution in [1.82, 2.24) is 15.1 Å². The number of rotatable bonds is 12. The third kappa shape index (κ3) is 7.88. The Labute approximate surface area is 120 Å². The van der Waals surface area contributed by atoms with Crippen LogP contribution in [-0.2, 0) is 0 Å². The van der Waals surface area contributed by atoms with Crippen molar-refractivity contribution in [3.63, 3.8) is 0 Å². The Balaban J connectivity index is 3.93. The van der Waals surface area contributed by atoms with Crippen molar-refractivity contribution in [2.45, 2.75) is 45.1 Å². The maximum atomic E-state index is 9.52. The van der Waals surface area contributed by atoms with Gasteiger partial charge in [-0.2, -0.15) is 0 Å². The van der Waals surface area contributed by atoms with E-state index in [-0.39, 0.29) is 12.1 Å². The maximum absolute atomic E-state index is 9.52. The van der Waals surface area contributed by atoms with Crippen molar-refractivity contribution in [1.29, 1.82) is 0 Å². The molecule has 2 N–H and O–H groups in total. The smallest absolute Gasteiger partial charge is 0.0613 e. The number of aliphatic hydroxyl groups is 1. The number of hydrogen-bond donors (Lipinski definition) is 2. The molecule has 0 aromatic heterocycles. The van der Waals surface area contributed by atoms with Gasteiger partial charge < -0.3 is 20.2 Å². The molecule has 0 aromatic rings. The minimum absolute atomic E-state index is 0.0803. The third-order valence-corrected chi connectivity index (χ3v) is 4.17. The normalized spacial score (nSPS) is 15.2. The molecule has 1 atom stereocenters. The first kappa shape index (κ1) is 18.8. The minimum atomic E-state index is -0.0803. The summed E-state index contributed by atoms with van der Waals surface area (Å²) in [6.07, 6.45) is 4.39. The molecule has 1 unspecified atom stereocenters. The van der Waals surface area contributed by atoms with Crippen molar-refractivity contribution in [3.8, 4) is 0 Å². The first-order valence-electron chi connectivity index (χ1n) is 7.70. The molecule has 0 saturated carbocycles. The van der Waals surface area contributed by atoms with Gasteiger partial charge in [0.2, 0.25) is 0 Å².